The van der Waals surface area contributed by atoms with Gasteiger partial charge in [0.2, 0.25) is 0 Å². The zero-order chi connectivity index (χ0) is 10.6. The lowest BCUT2D eigenvalue weighted by atomic mass is 9.79. The maximum absolute atomic E-state index is 11.8. The number of esters is 1. The van der Waals surface area contributed by atoms with Gasteiger partial charge in [-0.2, -0.15) is 0 Å². The van der Waals surface area contributed by atoms with E-state index < -0.39 is 5.41 Å². The second-order valence-corrected chi connectivity index (χ2v) is 3.63. The molecular formula is C11H16O3. The van der Waals surface area contributed by atoms with Crippen molar-refractivity contribution in [3.8, 4) is 0 Å². The molecule has 0 spiro atoms. The van der Waals surface area contributed by atoms with Gasteiger partial charge in [-0.15, -0.1) is 0 Å². The summed E-state index contributed by atoms with van der Waals surface area (Å²) >= 11 is 0. The Hall–Kier alpha value is -1.12. The van der Waals surface area contributed by atoms with Crippen molar-refractivity contribution < 1.29 is 14.3 Å². The van der Waals surface area contributed by atoms with Crippen LogP contribution in [0.15, 0.2) is 12.2 Å². The molecule has 0 saturated heterocycles. The highest BCUT2D eigenvalue weighted by Gasteiger charge is 2.45. The number of carbonyl (C=O) groups is 2. The Labute approximate surface area is 84.1 Å². The third kappa shape index (κ3) is 1.72. The molecule has 0 N–H and O–H groups in total. The first kappa shape index (κ1) is 11.0. The van der Waals surface area contributed by atoms with Crippen molar-refractivity contribution in [1.29, 1.82) is 0 Å². The van der Waals surface area contributed by atoms with Crippen LogP contribution in [0.3, 0.4) is 0 Å². The van der Waals surface area contributed by atoms with E-state index in [1.807, 2.05) is 19.1 Å². The average molecular weight is 196 g/mol. The lowest BCUT2D eigenvalue weighted by Crippen LogP contribution is -2.38. The van der Waals surface area contributed by atoms with Gasteiger partial charge >= 0.3 is 5.97 Å². The van der Waals surface area contributed by atoms with Gasteiger partial charge in [0, 0.05) is 6.42 Å². The van der Waals surface area contributed by atoms with E-state index in [4.69, 9.17) is 4.74 Å². The van der Waals surface area contributed by atoms with Crippen molar-refractivity contribution in [3.05, 3.63) is 12.2 Å². The average Bonchev–Trinajstić information content (AvgIpc) is 2.67. The summed E-state index contributed by atoms with van der Waals surface area (Å²) in [5.41, 5.74) is -0.898. The van der Waals surface area contributed by atoms with Gasteiger partial charge in [-0.05, 0) is 19.3 Å². The number of ketones is 1. The van der Waals surface area contributed by atoms with Crippen molar-refractivity contribution in [2.45, 2.75) is 32.6 Å². The summed E-state index contributed by atoms with van der Waals surface area (Å²) in [7, 11) is 1.33. The molecule has 0 bridgehead atoms. The molecule has 0 aromatic carbocycles. The Morgan fingerprint density at radius 2 is 1.93 bits per heavy atom. The van der Waals surface area contributed by atoms with Gasteiger partial charge in [0.25, 0.3) is 0 Å². The zero-order valence-corrected chi connectivity index (χ0v) is 8.71. The van der Waals surface area contributed by atoms with Crippen LogP contribution >= 0.6 is 0 Å². The first-order valence-electron chi connectivity index (χ1n) is 4.94. The Kier molecular flexibility index (Phi) is 3.44. The summed E-state index contributed by atoms with van der Waals surface area (Å²) in [6.07, 6.45) is 5.99. The topological polar surface area (TPSA) is 43.4 Å². The molecule has 78 valence electrons. The number of ether oxygens (including phenoxy) is 1. The molecule has 1 aliphatic carbocycles. The maximum Gasteiger partial charge on any atom is 0.319 e. The van der Waals surface area contributed by atoms with Crippen LogP contribution in [0, 0.1) is 5.41 Å². The fourth-order valence-corrected chi connectivity index (χ4v) is 1.82. The summed E-state index contributed by atoms with van der Waals surface area (Å²) in [5.74, 6) is -0.377. The van der Waals surface area contributed by atoms with Crippen LogP contribution in [0.4, 0.5) is 0 Å². The van der Waals surface area contributed by atoms with E-state index >= 15 is 0 Å². The normalized spacial score (nSPS) is 18.1. The van der Waals surface area contributed by atoms with Crippen molar-refractivity contribution in [3.63, 3.8) is 0 Å². The number of rotatable bonds is 4. The fraction of sp³-hybridized carbons (Fsp3) is 0.636. The molecule has 1 aliphatic rings. The third-order valence-electron chi connectivity index (χ3n) is 2.69. The van der Waals surface area contributed by atoms with Crippen LogP contribution in [0.2, 0.25) is 0 Å². The van der Waals surface area contributed by atoms with Crippen LogP contribution in [0.5, 0.6) is 0 Å². The predicted octanol–water partition coefficient (Wildman–Crippen LogP) is 1.86. The summed E-state index contributed by atoms with van der Waals surface area (Å²) < 4.78 is 4.71. The van der Waals surface area contributed by atoms with Gasteiger partial charge in [-0.25, -0.2) is 0 Å². The molecule has 0 radical (unpaired) electrons. The Balaban J connectivity index is 2.82. The zero-order valence-electron chi connectivity index (χ0n) is 8.71. The smallest absolute Gasteiger partial charge is 0.319 e. The monoisotopic (exact) mass is 196 g/mol. The van der Waals surface area contributed by atoms with E-state index in [1.165, 1.54) is 7.11 Å². The highest BCUT2D eigenvalue weighted by atomic mass is 16.5. The molecule has 3 nitrogen and oxygen atoms in total. The van der Waals surface area contributed by atoms with Crippen molar-refractivity contribution in [2.75, 3.05) is 7.11 Å². The van der Waals surface area contributed by atoms with E-state index in [2.05, 4.69) is 0 Å². The van der Waals surface area contributed by atoms with Gasteiger partial charge in [0.15, 0.2) is 5.78 Å². The Bertz CT molecular complexity index is 258. The van der Waals surface area contributed by atoms with Crippen LogP contribution < -0.4 is 0 Å². The lowest BCUT2D eigenvalue weighted by Gasteiger charge is -2.23. The minimum atomic E-state index is -0.898. The molecule has 0 aromatic rings. The minimum Gasteiger partial charge on any atom is -0.468 e. The quantitative estimate of drug-likeness (QED) is 0.391. The number of hydrogen-bond donors (Lipinski definition) is 0. The van der Waals surface area contributed by atoms with Crippen LogP contribution in [0.1, 0.15) is 32.6 Å². The minimum absolute atomic E-state index is 0.0110. The number of methoxy groups -OCH3 is 1. The first-order valence-corrected chi connectivity index (χ1v) is 4.94. The number of allylic oxidation sites excluding steroid dienone is 2. The number of hydrogen-bond acceptors (Lipinski definition) is 3. The molecule has 0 heterocycles. The van der Waals surface area contributed by atoms with Crippen LogP contribution in [0.25, 0.3) is 0 Å². The molecule has 0 amide bonds. The highest BCUT2D eigenvalue weighted by molar-refractivity contribution is 6.04. The molecule has 0 aromatic heterocycles. The van der Waals surface area contributed by atoms with Gasteiger partial charge in [-0.1, -0.05) is 19.1 Å². The van der Waals surface area contributed by atoms with Crippen LogP contribution in [-0.2, 0) is 14.3 Å². The van der Waals surface area contributed by atoms with E-state index in [-0.39, 0.29) is 11.8 Å². The molecule has 3 heteroatoms. The summed E-state index contributed by atoms with van der Waals surface area (Å²) in [4.78, 5) is 23.4. The molecule has 0 saturated carbocycles. The molecule has 0 aliphatic heterocycles. The number of Topliss-reactive ketones (excluding diaryl/α,β-unsaturated/α-hetero) is 1. The van der Waals surface area contributed by atoms with Gasteiger partial charge < -0.3 is 4.74 Å². The summed E-state index contributed by atoms with van der Waals surface area (Å²) in [5, 5.41) is 0. The van der Waals surface area contributed by atoms with E-state index in [1.54, 1.807) is 0 Å². The standard InChI is InChI=1S/C11H16O3/c1-3-6-9(12)11(10(13)14-2)7-4-5-8-11/h4-5H,3,6-8H2,1-2H3. The predicted molar refractivity (Wildman–Crippen MR) is 52.7 cm³/mol. The second kappa shape index (κ2) is 4.40. The van der Waals surface area contributed by atoms with Gasteiger partial charge in [0.1, 0.15) is 5.41 Å². The van der Waals surface area contributed by atoms with E-state index in [0.29, 0.717) is 19.3 Å². The molecule has 1 rings (SSSR count). The first-order chi connectivity index (χ1) is 6.67. The van der Waals surface area contributed by atoms with E-state index in [0.717, 1.165) is 6.42 Å². The highest BCUT2D eigenvalue weighted by Crippen LogP contribution is 2.36. The number of carbonyl (C=O) groups excluding carboxylic acids is 2. The largest absolute Gasteiger partial charge is 0.468 e. The van der Waals surface area contributed by atoms with Gasteiger partial charge in [0.05, 0.1) is 7.11 Å². The molecule has 0 atom stereocenters. The summed E-state index contributed by atoms with van der Waals surface area (Å²) in [6.45, 7) is 1.94. The molecule has 14 heavy (non-hydrogen) atoms. The fourth-order valence-electron chi connectivity index (χ4n) is 1.82. The molecule has 0 fully saturated rings. The van der Waals surface area contributed by atoms with Crippen LogP contribution in [-0.4, -0.2) is 18.9 Å². The van der Waals surface area contributed by atoms with Crippen molar-refractivity contribution in [2.24, 2.45) is 5.41 Å². The lowest BCUT2D eigenvalue weighted by molar-refractivity contribution is -0.157. The Morgan fingerprint density at radius 1 is 1.36 bits per heavy atom. The van der Waals surface area contributed by atoms with E-state index in [9.17, 15) is 9.59 Å². The molecule has 0 unspecified atom stereocenters. The molecular weight excluding hydrogens is 180 g/mol. The van der Waals surface area contributed by atoms with Gasteiger partial charge in [-0.3, -0.25) is 9.59 Å². The Morgan fingerprint density at radius 3 is 2.36 bits per heavy atom. The third-order valence-corrected chi connectivity index (χ3v) is 2.69. The SMILES string of the molecule is CCCC(=O)C1(C(=O)OC)CC=CC1. The maximum atomic E-state index is 11.8. The van der Waals surface area contributed by atoms with Crippen molar-refractivity contribution in [1.82, 2.24) is 0 Å². The second-order valence-electron chi connectivity index (χ2n) is 3.63. The summed E-state index contributed by atoms with van der Waals surface area (Å²) in [6, 6.07) is 0. The van der Waals surface area contributed by atoms with Crippen molar-refractivity contribution >= 4 is 11.8 Å².